The molecule has 3 amide bonds. The van der Waals surface area contributed by atoms with E-state index in [1.807, 2.05) is 17.5 Å². The summed E-state index contributed by atoms with van der Waals surface area (Å²) in [6.45, 7) is 1.84. The van der Waals surface area contributed by atoms with Crippen LogP contribution in [-0.2, 0) is 25.7 Å². The van der Waals surface area contributed by atoms with Crippen LogP contribution in [0.1, 0.15) is 15.7 Å². The number of thioether (sulfide) groups is 1. The Labute approximate surface area is 227 Å². The van der Waals surface area contributed by atoms with E-state index in [9.17, 15) is 19.2 Å². The van der Waals surface area contributed by atoms with Crippen LogP contribution in [0.4, 0.5) is 5.69 Å². The van der Waals surface area contributed by atoms with Crippen molar-refractivity contribution in [2.75, 3.05) is 31.2 Å². The number of rotatable bonds is 4. The van der Waals surface area contributed by atoms with Gasteiger partial charge in [0, 0.05) is 33.2 Å². The van der Waals surface area contributed by atoms with E-state index in [0.29, 0.717) is 37.0 Å². The molecule has 12 heteroatoms. The third-order valence-corrected chi connectivity index (χ3v) is 10.7. The first-order valence-corrected chi connectivity index (χ1v) is 14.7. The van der Waals surface area contributed by atoms with Crippen LogP contribution in [0.3, 0.4) is 0 Å². The molecule has 0 saturated carbocycles. The van der Waals surface area contributed by atoms with E-state index in [1.165, 1.54) is 32.6 Å². The largest absolute Gasteiger partial charge is 0.378 e. The number of hydrogen-bond donors (Lipinski definition) is 0. The maximum absolute atomic E-state index is 13.8. The number of thiophene rings is 1. The zero-order chi connectivity index (χ0) is 25.0. The van der Waals surface area contributed by atoms with Crippen LogP contribution in [-0.4, -0.2) is 58.7 Å². The number of fused-ring (bicyclic) bond motifs is 2. The van der Waals surface area contributed by atoms with E-state index >= 15 is 0 Å². The molecule has 2 saturated heterocycles. The predicted octanol–water partition coefficient (Wildman–Crippen LogP) is 3.39. The zero-order valence-corrected chi connectivity index (χ0v) is 22.8. The molecule has 8 nitrogen and oxygen atoms in total. The van der Waals surface area contributed by atoms with Crippen molar-refractivity contribution in [2.24, 2.45) is 5.92 Å². The van der Waals surface area contributed by atoms with Gasteiger partial charge in [0.05, 0.1) is 29.8 Å². The van der Waals surface area contributed by atoms with Crippen LogP contribution >= 0.6 is 50.4 Å². The summed E-state index contributed by atoms with van der Waals surface area (Å²) in [7, 11) is 0. The van der Waals surface area contributed by atoms with Crippen molar-refractivity contribution in [2.45, 2.75) is 22.7 Å². The van der Waals surface area contributed by atoms with Gasteiger partial charge in [0.2, 0.25) is 17.7 Å². The molecule has 5 heterocycles. The minimum Gasteiger partial charge on any atom is -0.378 e. The van der Waals surface area contributed by atoms with Crippen molar-refractivity contribution < 1.29 is 19.1 Å². The number of anilines is 1. The lowest BCUT2D eigenvalue weighted by molar-refractivity contribution is -0.136. The van der Waals surface area contributed by atoms with Gasteiger partial charge in [-0.25, -0.2) is 4.90 Å². The second-order valence-electron chi connectivity index (χ2n) is 8.66. The molecule has 36 heavy (non-hydrogen) atoms. The summed E-state index contributed by atoms with van der Waals surface area (Å²) in [4.78, 5) is 57.9. The molecule has 0 aliphatic carbocycles. The van der Waals surface area contributed by atoms with Crippen LogP contribution in [0.5, 0.6) is 0 Å². The number of carbonyl (C=O) groups excluding carboxylic acids is 3. The van der Waals surface area contributed by atoms with Gasteiger partial charge in [-0.2, -0.15) is 0 Å². The molecule has 0 radical (unpaired) electrons. The topological polar surface area (TPSA) is 88.9 Å². The lowest BCUT2D eigenvalue weighted by atomic mass is 9.87. The van der Waals surface area contributed by atoms with E-state index in [-0.39, 0.29) is 29.1 Å². The van der Waals surface area contributed by atoms with E-state index in [1.54, 1.807) is 29.2 Å². The SMILES string of the molecule is O=C(Cn1c2c(sc1=O)[C@@H](c1cccs1)[C@@H]1C(=O)N(c3ccc(Br)cc3)C(=O)[C@@H]1S2)N1CCOCC1. The highest BCUT2D eigenvalue weighted by molar-refractivity contribution is 9.10. The number of benzene rings is 1. The van der Waals surface area contributed by atoms with E-state index in [4.69, 9.17) is 4.74 Å². The Kier molecular flexibility index (Phi) is 6.41. The molecule has 3 aromatic rings. The lowest BCUT2D eigenvalue weighted by Gasteiger charge is -2.30. The third kappa shape index (κ3) is 3.99. The molecule has 0 spiro atoms. The highest BCUT2D eigenvalue weighted by Gasteiger charge is 2.57. The number of nitrogens with zero attached hydrogens (tertiary/aromatic N) is 3. The number of halogens is 1. The fraction of sp³-hybridized carbons (Fsp3) is 0.333. The summed E-state index contributed by atoms with van der Waals surface area (Å²) in [5, 5.41) is 1.87. The third-order valence-electron chi connectivity index (χ3n) is 6.64. The summed E-state index contributed by atoms with van der Waals surface area (Å²) in [5.41, 5.74) is 0.524. The molecular weight excluding hydrogens is 586 g/mol. The van der Waals surface area contributed by atoms with Crippen LogP contribution < -0.4 is 9.77 Å². The summed E-state index contributed by atoms with van der Waals surface area (Å²) in [5.74, 6) is -1.75. The first-order valence-electron chi connectivity index (χ1n) is 11.4. The summed E-state index contributed by atoms with van der Waals surface area (Å²) < 4.78 is 7.67. The van der Waals surface area contributed by atoms with E-state index in [2.05, 4.69) is 15.9 Å². The molecule has 1 aromatic carbocycles. The van der Waals surface area contributed by atoms with Gasteiger partial charge in [-0.3, -0.25) is 23.7 Å². The van der Waals surface area contributed by atoms with Crippen LogP contribution in [0, 0.1) is 5.92 Å². The van der Waals surface area contributed by atoms with Crippen molar-refractivity contribution >= 4 is 73.8 Å². The van der Waals surface area contributed by atoms with Gasteiger partial charge in [-0.1, -0.05) is 45.1 Å². The molecule has 3 atom stereocenters. The van der Waals surface area contributed by atoms with Crippen molar-refractivity contribution in [1.82, 2.24) is 9.47 Å². The monoisotopic (exact) mass is 605 g/mol. The van der Waals surface area contributed by atoms with Crippen molar-refractivity contribution in [3.63, 3.8) is 0 Å². The second-order valence-corrected chi connectivity index (χ2v) is 12.7. The van der Waals surface area contributed by atoms with Crippen LogP contribution in [0.25, 0.3) is 0 Å². The Morgan fingerprint density at radius 2 is 1.81 bits per heavy atom. The Balaban J connectivity index is 1.41. The molecule has 6 rings (SSSR count). The Morgan fingerprint density at radius 1 is 1.06 bits per heavy atom. The highest BCUT2D eigenvalue weighted by atomic mass is 79.9. The van der Waals surface area contributed by atoms with Gasteiger partial charge < -0.3 is 9.64 Å². The average molecular weight is 607 g/mol. The summed E-state index contributed by atoms with van der Waals surface area (Å²) in [6, 6.07) is 10.9. The van der Waals surface area contributed by atoms with Crippen LogP contribution in [0.15, 0.2) is 56.1 Å². The number of carbonyl (C=O) groups is 3. The lowest BCUT2D eigenvalue weighted by Crippen LogP contribution is -2.43. The second kappa shape index (κ2) is 9.56. The van der Waals surface area contributed by atoms with Gasteiger partial charge in [0.1, 0.15) is 11.8 Å². The smallest absolute Gasteiger partial charge is 0.308 e. The number of imide groups is 1. The minimum atomic E-state index is -0.681. The molecule has 3 aliphatic rings. The normalized spacial score (nSPS) is 23.6. The van der Waals surface area contributed by atoms with Crippen LogP contribution in [0.2, 0.25) is 0 Å². The Bertz CT molecular complexity index is 1400. The summed E-state index contributed by atoms with van der Waals surface area (Å²) in [6.07, 6.45) is 0. The molecule has 3 aliphatic heterocycles. The number of ether oxygens (including phenoxy) is 1. The van der Waals surface area contributed by atoms with Gasteiger partial charge in [-0.15, -0.1) is 11.3 Å². The van der Waals surface area contributed by atoms with Gasteiger partial charge in [0.15, 0.2) is 0 Å². The predicted molar refractivity (Wildman–Crippen MR) is 142 cm³/mol. The number of thiazole rings is 1. The standard InChI is InChI=1S/C24H20BrN3O5S3/c25-13-3-5-14(6-4-13)28-21(30)18-17(15-2-1-11-34-15)20-23(35-19(18)22(28)31)27(24(32)36-20)12-16(29)26-7-9-33-10-8-26/h1-6,11,17-19H,7-10,12H2/t17-,18-,19+/m0/s1. The molecular formula is C24H20BrN3O5S3. The number of amides is 3. The quantitative estimate of drug-likeness (QED) is 0.424. The van der Waals surface area contributed by atoms with Gasteiger partial charge in [-0.05, 0) is 35.7 Å². The number of aromatic nitrogens is 1. The fourth-order valence-corrected chi connectivity index (χ4v) is 8.91. The van der Waals surface area contributed by atoms with Crippen molar-refractivity contribution in [1.29, 1.82) is 0 Å². The molecule has 186 valence electrons. The molecule has 0 N–H and O–H groups in total. The Hall–Kier alpha value is -2.25. The molecule has 0 bridgehead atoms. The first kappa shape index (κ1) is 24.1. The average Bonchev–Trinajstić information content (AvgIpc) is 3.58. The number of hydrogen-bond acceptors (Lipinski definition) is 8. The first-order chi connectivity index (χ1) is 17.4. The summed E-state index contributed by atoms with van der Waals surface area (Å²) >= 11 is 7.22. The number of morpholine rings is 1. The highest BCUT2D eigenvalue weighted by Crippen LogP contribution is 2.54. The van der Waals surface area contributed by atoms with Crippen molar-refractivity contribution in [3.8, 4) is 0 Å². The maximum atomic E-state index is 13.8. The zero-order valence-electron chi connectivity index (χ0n) is 18.8. The Morgan fingerprint density at radius 3 is 2.50 bits per heavy atom. The molecule has 0 unspecified atom stereocenters. The molecule has 2 fully saturated rings. The van der Waals surface area contributed by atoms with Gasteiger partial charge in [0.25, 0.3) is 0 Å². The van der Waals surface area contributed by atoms with E-state index < -0.39 is 17.1 Å². The van der Waals surface area contributed by atoms with E-state index in [0.717, 1.165) is 25.6 Å². The molecule has 2 aromatic heterocycles. The minimum absolute atomic E-state index is 0.0925. The van der Waals surface area contributed by atoms with Crippen molar-refractivity contribution in [3.05, 3.63) is 65.7 Å². The fourth-order valence-electron chi connectivity index (χ4n) is 4.92. The maximum Gasteiger partial charge on any atom is 0.308 e. The van der Waals surface area contributed by atoms with Gasteiger partial charge >= 0.3 is 4.87 Å².